The van der Waals surface area contributed by atoms with Crippen molar-refractivity contribution in [2.45, 2.75) is 26.2 Å². The monoisotopic (exact) mass is 252 g/mol. The minimum Gasteiger partial charge on any atom is -0.494 e. The van der Waals surface area contributed by atoms with Crippen molar-refractivity contribution in [2.75, 3.05) is 19.7 Å². The first-order chi connectivity index (χ1) is 8.72. The Morgan fingerprint density at radius 2 is 2.39 bits per heavy atom. The van der Waals surface area contributed by atoms with Crippen LogP contribution in [0.5, 0.6) is 0 Å². The Bertz CT molecular complexity index is 418. The Morgan fingerprint density at radius 1 is 1.56 bits per heavy atom. The molecule has 2 aliphatic rings. The molecule has 0 fully saturated rings. The highest BCUT2D eigenvalue weighted by Crippen LogP contribution is 2.26. The third kappa shape index (κ3) is 2.72. The van der Waals surface area contributed by atoms with Crippen LogP contribution >= 0.6 is 0 Å². The smallest absolute Gasteiger partial charge is 0.236 e. The van der Waals surface area contributed by atoms with Gasteiger partial charge in [-0.3, -0.25) is 9.59 Å². The Kier molecular flexibility index (Phi) is 4.02. The number of rotatable bonds is 3. The van der Waals surface area contributed by atoms with E-state index in [1.54, 1.807) is 4.90 Å². The lowest BCUT2D eigenvalue weighted by molar-refractivity contribution is -0.135. The lowest BCUT2D eigenvalue weighted by Gasteiger charge is -2.32. The molecule has 18 heavy (non-hydrogen) atoms. The van der Waals surface area contributed by atoms with Gasteiger partial charge in [-0.1, -0.05) is 6.08 Å². The summed E-state index contributed by atoms with van der Waals surface area (Å²) in [6, 6.07) is 0. The number of amides is 2. The van der Waals surface area contributed by atoms with E-state index in [4.69, 9.17) is 4.74 Å². The van der Waals surface area contributed by atoms with E-state index in [-0.39, 0.29) is 19.7 Å². The lowest BCUT2D eigenvalue weighted by atomic mass is 10.1. The molecule has 0 aromatic rings. The fourth-order valence-electron chi connectivity index (χ4n) is 2.15. The third-order valence-corrected chi connectivity index (χ3v) is 2.97. The Balaban J connectivity index is 0.00000180. The summed E-state index contributed by atoms with van der Waals surface area (Å²) in [5.74, 6) is 0.479. The molecule has 1 N–H and O–H groups in total. The van der Waals surface area contributed by atoms with E-state index in [1.807, 2.05) is 19.1 Å². The zero-order chi connectivity index (χ0) is 13.0. The highest BCUT2D eigenvalue weighted by atomic mass is 16.5. The van der Waals surface area contributed by atoms with E-state index in [0.29, 0.717) is 19.7 Å². The van der Waals surface area contributed by atoms with Crippen LogP contribution in [0.3, 0.4) is 0 Å². The summed E-state index contributed by atoms with van der Waals surface area (Å²) in [5.41, 5.74) is 0.821. The molecule has 1 heterocycles. The van der Waals surface area contributed by atoms with Gasteiger partial charge in [0.1, 0.15) is 18.8 Å². The average molecular weight is 252 g/mol. The number of ether oxygens (including phenoxy) is 1. The Labute approximate surface area is 108 Å². The molecule has 0 saturated carbocycles. The van der Waals surface area contributed by atoms with Crippen molar-refractivity contribution in [1.29, 1.82) is 0 Å². The van der Waals surface area contributed by atoms with E-state index in [1.165, 1.54) is 0 Å². The van der Waals surface area contributed by atoms with E-state index in [0.717, 1.165) is 24.3 Å². The molecule has 0 unspecified atom stereocenters. The topological polar surface area (TPSA) is 58.6 Å². The number of nitrogens with zero attached hydrogens (tertiary/aromatic N) is 1. The molecular weight excluding hydrogens is 232 g/mol. The summed E-state index contributed by atoms with van der Waals surface area (Å²) in [7, 11) is 0. The zero-order valence-electron chi connectivity index (χ0n) is 10.6. The van der Waals surface area contributed by atoms with Crippen molar-refractivity contribution in [1.82, 2.24) is 10.2 Å². The average Bonchev–Trinajstić information content (AvgIpc) is 2.38. The number of carbonyl (C=O) groups is 2. The maximum atomic E-state index is 12.1. The fourth-order valence-corrected chi connectivity index (χ4v) is 2.15. The number of nitrogens with one attached hydrogen (secondary N) is 1. The summed E-state index contributed by atoms with van der Waals surface area (Å²) in [4.78, 5) is 25.2. The zero-order valence-corrected chi connectivity index (χ0v) is 10.6. The predicted molar refractivity (Wildman–Crippen MR) is 68.5 cm³/mol. The molecule has 100 valence electrons. The second-order valence-electron chi connectivity index (χ2n) is 4.27. The maximum Gasteiger partial charge on any atom is 0.236 e. The molecule has 0 aromatic heterocycles. The van der Waals surface area contributed by atoms with Crippen LogP contribution in [-0.4, -0.2) is 36.4 Å². The maximum absolute atomic E-state index is 12.1. The SMILES string of the molecule is CCNC(=O)CC(=O)N1CCOC2=C1C=CCC2.[HH]. The first-order valence-electron chi connectivity index (χ1n) is 6.32. The van der Waals surface area contributed by atoms with Gasteiger partial charge in [-0.2, -0.15) is 0 Å². The molecular formula is C13H20N2O3. The highest BCUT2D eigenvalue weighted by molar-refractivity contribution is 5.97. The van der Waals surface area contributed by atoms with Crippen molar-refractivity contribution in [3.05, 3.63) is 23.6 Å². The Hall–Kier alpha value is -1.78. The molecule has 5 heteroatoms. The quantitative estimate of drug-likeness (QED) is 0.767. The van der Waals surface area contributed by atoms with Crippen LogP contribution in [0.1, 0.15) is 27.6 Å². The largest absolute Gasteiger partial charge is 0.494 e. The molecule has 2 rings (SSSR count). The first-order valence-corrected chi connectivity index (χ1v) is 6.32. The van der Waals surface area contributed by atoms with Crippen LogP contribution in [0.15, 0.2) is 23.6 Å². The highest BCUT2D eigenvalue weighted by Gasteiger charge is 2.26. The minimum absolute atomic E-state index is 0. The van der Waals surface area contributed by atoms with Gasteiger partial charge in [0.05, 0.1) is 12.2 Å². The van der Waals surface area contributed by atoms with Crippen LogP contribution in [0.25, 0.3) is 0 Å². The van der Waals surface area contributed by atoms with Gasteiger partial charge in [-0.25, -0.2) is 0 Å². The van der Waals surface area contributed by atoms with Crippen molar-refractivity contribution >= 4 is 11.8 Å². The molecule has 0 aromatic carbocycles. The van der Waals surface area contributed by atoms with Gasteiger partial charge in [0.15, 0.2) is 0 Å². The van der Waals surface area contributed by atoms with E-state index in [2.05, 4.69) is 5.32 Å². The van der Waals surface area contributed by atoms with Crippen molar-refractivity contribution in [3.8, 4) is 0 Å². The van der Waals surface area contributed by atoms with Gasteiger partial charge >= 0.3 is 0 Å². The molecule has 2 amide bonds. The predicted octanol–water partition coefficient (Wildman–Crippen LogP) is 1.18. The fraction of sp³-hybridized carbons (Fsp3) is 0.538. The minimum atomic E-state index is -0.226. The lowest BCUT2D eigenvalue weighted by Crippen LogP contribution is -2.40. The molecule has 0 atom stereocenters. The second kappa shape index (κ2) is 5.71. The van der Waals surface area contributed by atoms with Gasteiger partial charge in [0, 0.05) is 14.4 Å². The number of carbonyl (C=O) groups excluding carboxylic acids is 2. The van der Waals surface area contributed by atoms with E-state index >= 15 is 0 Å². The molecule has 1 aliphatic heterocycles. The normalized spacial score (nSPS) is 18.2. The Morgan fingerprint density at radius 3 is 3.17 bits per heavy atom. The molecule has 0 radical (unpaired) electrons. The first kappa shape index (κ1) is 12.7. The van der Waals surface area contributed by atoms with Crippen molar-refractivity contribution in [3.63, 3.8) is 0 Å². The van der Waals surface area contributed by atoms with Crippen LogP contribution in [0.4, 0.5) is 0 Å². The number of hydrogen-bond donors (Lipinski definition) is 1. The van der Waals surface area contributed by atoms with Crippen molar-refractivity contribution in [2.24, 2.45) is 0 Å². The van der Waals surface area contributed by atoms with Crippen LogP contribution in [0.2, 0.25) is 0 Å². The number of hydrogen-bond acceptors (Lipinski definition) is 3. The second-order valence-corrected chi connectivity index (χ2v) is 4.27. The van der Waals surface area contributed by atoms with Gasteiger partial charge in [-0.05, 0) is 19.4 Å². The summed E-state index contributed by atoms with van der Waals surface area (Å²) < 4.78 is 5.55. The summed E-state index contributed by atoms with van der Waals surface area (Å²) >= 11 is 0. The van der Waals surface area contributed by atoms with Gasteiger partial charge in [0.2, 0.25) is 11.8 Å². The summed E-state index contributed by atoms with van der Waals surface area (Å²) in [6.45, 7) is 3.40. The van der Waals surface area contributed by atoms with Gasteiger partial charge < -0.3 is 15.0 Å². The van der Waals surface area contributed by atoms with Crippen molar-refractivity contribution < 1.29 is 15.8 Å². The molecule has 0 spiro atoms. The van der Waals surface area contributed by atoms with E-state index in [9.17, 15) is 9.59 Å². The number of allylic oxidation sites excluding steroid dienone is 3. The summed E-state index contributed by atoms with van der Waals surface area (Å²) in [6.07, 6.45) is 5.61. The van der Waals surface area contributed by atoms with Crippen LogP contribution in [0, 0.1) is 0 Å². The standard InChI is InChI=1S/C13H18N2O3.H2/c1-2-14-12(16)9-13(17)15-7-8-18-11-6-4-3-5-10(11)15;/h3,5H,2,4,6-9H2,1H3,(H,14,16);1H. The van der Waals surface area contributed by atoms with Crippen LogP contribution < -0.4 is 5.32 Å². The van der Waals surface area contributed by atoms with Crippen LogP contribution in [-0.2, 0) is 14.3 Å². The molecule has 5 nitrogen and oxygen atoms in total. The third-order valence-electron chi connectivity index (χ3n) is 2.97. The molecule has 0 saturated heterocycles. The molecule has 0 bridgehead atoms. The van der Waals surface area contributed by atoms with E-state index < -0.39 is 0 Å². The molecule has 1 aliphatic carbocycles. The van der Waals surface area contributed by atoms with Gasteiger partial charge in [-0.15, -0.1) is 0 Å². The van der Waals surface area contributed by atoms with Gasteiger partial charge in [0.25, 0.3) is 0 Å². The summed E-state index contributed by atoms with van der Waals surface area (Å²) in [5, 5.41) is 2.64.